The first-order chi connectivity index (χ1) is 16.4. The van der Waals surface area contributed by atoms with Crippen LogP contribution in [0.1, 0.15) is 23.9 Å². The van der Waals surface area contributed by atoms with Crippen LogP contribution in [0.3, 0.4) is 0 Å². The molecule has 1 saturated heterocycles. The summed E-state index contributed by atoms with van der Waals surface area (Å²) in [5.74, 6) is -1.26. The number of nitrogens with zero attached hydrogens (tertiary/aromatic N) is 9. The lowest BCUT2D eigenvalue weighted by molar-refractivity contribution is 0.139. The lowest BCUT2D eigenvalue weighted by Crippen LogP contribution is -2.52. The van der Waals surface area contributed by atoms with Crippen LogP contribution in [0.5, 0.6) is 0 Å². The number of rotatable bonds is 3. The van der Waals surface area contributed by atoms with Crippen molar-refractivity contribution in [2.45, 2.75) is 19.4 Å². The van der Waals surface area contributed by atoms with Crippen LogP contribution in [0.15, 0.2) is 35.8 Å². The Kier molecular flexibility index (Phi) is 5.59. The molecule has 1 unspecified atom stereocenters. The molecule has 2 aliphatic heterocycles. The molecule has 0 bridgehead atoms. The highest BCUT2D eigenvalue weighted by Gasteiger charge is 2.34. The molecule has 176 valence electrons. The van der Waals surface area contributed by atoms with E-state index in [4.69, 9.17) is 0 Å². The maximum atomic E-state index is 14.2. The lowest BCUT2D eigenvalue weighted by Gasteiger charge is -2.37. The SMILES string of the molecule is Cc1ncn(-c2nc(N3CCN(C(=O)N4N=CCC4c4cc(F)cc(F)c4)CC3)ncc2F)n1. The third-order valence-electron chi connectivity index (χ3n) is 5.66. The van der Waals surface area contributed by atoms with Gasteiger partial charge in [0.1, 0.15) is 23.8 Å². The van der Waals surface area contributed by atoms with Crippen molar-refractivity contribution in [1.82, 2.24) is 34.6 Å². The van der Waals surface area contributed by atoms with Crippen LogP contribution in [-0.4, -0.2) is 73.1 Å². The number of amides is 2. The molecular formula is C21H20F3N9O. The number of hydrogen-bond donors (Lipinski definition) is 0. The zero-order chi connectivity index (χ0) is 23.8. The highest BCUT2D eigenvalue weighted by Crippen LogP contribution is 2.30. The monoisotopic (exact) mass is 471 g/mol. The highest BCUT2D eigenvalue weighted by atomic mass is 19.1. The summed E-state index contributed by atoms with van der Waals surface area (Å²) in [6.45, 7) is 3.18. The van der Waals surface area contributed by atoms with E-state index in [1.165, 1.54) is 28.2 Å². The van der Waals surface area contributed by atoms with Gasteiger partial charge in [0.25, 0.3) is 0 Å². The number of hydrazone groups is 1. The summed E-state index contributed by atoms with van der Waals surface area (Å²) in [7, 11) is 0. The van der Waals surface area contributed by atoms with Gasteiger partial charge in [-0.25, -0.2) is 32.9 Å². The van der Waals surface area contributed by atoms with Crippen molar-refractivity contribution in [3.63, 3.8) is 0 Å². The van der Waals surface area contributed by atoms with E-state index in [-0.39, 0.29) is 11.8 Å². The number of anilines is 1. The summed E-state index contributed by atoms with van der Waals surface area (Å²) in [4.78, 5) is 28.9. The number of aryl methyl sites for hydroxylation is 1. The molecule has 1 aromatic carbocycles. The molecular weight excluding hydrogens is 451 g/mol. The van der Waals surface area contributed by atoms with Crippen molar-refractivity contribution in [2.75, 3.05) is 31.1 Å². The zero-order valence-corrected chi connectivity index (χ0v) is 18.1. The Morgan fingerprint density at radius 3 is 2.44 bits per heavy atom. The van der Waals surface area contributed by atoms with Crippen molar-refractivity contribution < 1.29 is 18.0 Å². The molecule has 1 fully saturated rings. The molecule has 1 atom stereocenters. The third-order valence-corrected chi connectivity index (χ3v) is 5.66. The first-order valence-electron chi connectivity index (χ1n) is 10.6. The van der Waals surface area contributed by atoms with Crippen LogP contribution in [0.25, 0.3) is 5.82 Å². The van der Waals surface area contributed by atoms with Gasteiger partial charge in [0.15, 0.2) is 11.6 Å². The second-order valence-electron chi connectivity index (χ2n) is 7.93. The highest BCUT2D eigenvalue weighted by molar-refractivity contribution is 5.78. The van der Waals surface area contributed by atoms with Gasteiger partial charge in [-0.2, -0.15) is 19.9 Å². The van der Waals surface area contributed by atoms with Crippen molar-refractivity contribution >= 4 is 18.2 Å². The average molecular weight is 471 g/mol. The predicted molar refractivity (Wildman–Crippen MR) is 115 cm³/mol. The van der Waals surface area contributed by atoms with E-state index in [0.29, 0.717) is 49.9 Å². The van der Waals surface area contributed by atoms with Crippen LogP contribution in [-0.2, 0) is 0 Å². The standard InChI is InChI=1S/C21H20F3N9O/c1-13-26-12-32(29-13)19-17(24)11-25-20(28-19)30-4-6-31(7-5-30)21(34)33-18(2-3-27-33)14-8-15(22)10-16(23)9-14/h3,8-12,18H,2,4-7H2,1H3. The van der Waals surface area contributed by atoms with E-state index in [9.17, 15) is 18.0 Å². The molecule has 0 saturated carbocycles. The van der Waals surface area contributed by atoms with Crippen LogP contribution in [0, 0.1) is 24.4 Å². The number of piperazine rings is 1. The molecule has 0 N–H and O–H groups in total. The predicted octanol–water partition coefficient (Wildman–Crippen LogP) is 2.46. The minimum absolute atomic E-state index is 0.0133. The number of hydrogen-bond acceptors (Lipinski definition) is 7. The summed E-state index contributed by atoms with van der Waals surface area (Å²) in [6, 6.07) is 2.27. The molecule has 10 nitrogen and oxygen atoms in total. The second-order valence-corrected chi connectivity index (χ2v) is 7.93. The zero-order valence-electron chi connectivity index (χ0n) is 18.1. The van der Waals surface area contributed by atoms with Gasteiger partial charge >= 0.3 is 6.03 Å². The molecule has 2 amide bonds. The molecule has 2 aliphatic rings. The van der Waals surface area contributed by atoms with Crippen molar-refractivity contribution in [2.24, 2.45) is 5.10 Å². The fourth-order valence-corrected chi connectivity index (χ4v) is 4.00. The van der Waals surface area contributed by atoms with E-state index in [0.717, 1.165) is 12.3 Å². The molecule has 0 aliphatic carbocycles. The quantitative estimate of drug-likeness (QED) is 0.583. The third kappa shape index (κ3) is 4.16. The average Bonchev–Trinajstić information content (AvgIpc) is 3.48. The van der Waals surface area contributed by atoms with E-state index >= 15 is 0 Å². The van der Waals surface area contributed by atoms with Crippen molar-refractivity contribution in [3.8, 4) is 5.82 Å². The Bertz CT molecular complexity index is 1240. The number of carbonyl (C=O) groups excluding carboxylic acids is 1. The largest absolute Gasteiger partial charge is 0.341 e. The Balaban J connectivity index is 1.27. The van der Waals surface area contributed by atoms with Gasteiger partial charge in [-0.1, -0.05) is 0 Å². The van der Waals surface area contributed by atoms with E-state index < -0.39 is 23.5 Å². The molecule has 3 aromatic rings. The first-order valence-corrected chi connectivity index (χ1v) is 10.6. The van der Waals surface area contributed by atoms with E-state index in [2.05, 4.69) is 25.2 Å². The van der Waals surface area contributed by atoms with Crippen molar-refractivity contribution in [3.05, 3.63) is 59.6 Å². The van der Waals surface area contributed by atoms with Gasteiger partial charge in [-0.05, 0) is 24.6 Å². The number of benzene rings is 1. The summed E-state index contributed by atoms with van der Waals surface area (Å²) >= 11 is 0. The van der Waals surface area contributed by atoms with Gasteiger partial charge in [-0.15, -0.1) is 0 Å². The topological polar surface area (TPSA) is 95.6 Å². The van der Waals surface area contributed by atoms with Gasteiger partial charge in [0.2, 0.25) is 5.95 Å². The summed E-state index contributed by atoms with van der Waals surface area (Å²) in [6.07, 6.45) is 4.37. The number of carbonyl (C=O) groups is 1. The Morgan fingerprint density at radius 2 is 1.76 bits per heavy atom. The van der Waals surface area contributed by atoms with Gasteiger partial charge in [-0.3, -0.25) is 0 Å². The Morgan fingerprint density at radius 1 is 1.03 bits per heavy atom. The summed E-state index contributed by atoms with van der Waals surface area (Å²) in [5, 5.41) is 9.48. The van der Waals surface area contributed by atoms with Crippen LogP contribution in [0.4, 0.5) is 23.9 Å². The summed E-state index contributed by atoms with van der Waals surface area (Å²) < 4.78 is 42.9. The second kappa shape index (κ2) is 8.72. The van der Waals surface area contributed by atoms with Crippen LogP contribution < -0.4 is 4.90 Å². The maximum absolute atomic E-state index is 14.2. The van der Waals surface area contributed by atoms with Gasteiger partial charge in [0.05, 0.1) is 12.2 Å². The normalized spacial score (nSPS) is 18.1. The van der Waals surface area contributed by atoms with Gasteiger partial charge in [0, 0.05) is 44.9 Å². The summed E-state index contributed by atoms with van der Waals surface area (Å²) in [5.41, 5.74) is 0.345. The first kappa shape index (κ1) is 21.8. The van der Waals surface area contributed by atoms with Crippen molar-refractivity contribution in [1.29, 1.82) is 0 Å². The fourth-order valence-electron chi connectivity index (χ4n) is 4.00. The number of halogens is 3. The smallest absolute Gasteiger partial charge is 0.337 e. The van der Waals surface area contributed by atoms with Gasteiger partial charge < -0.3 is 9.80 Å². The molecule has 4 heterocycles. The van der Waals surface area contributed by atoms with E-state index in [1.807, 2.05) is 4.90 Å². The van der Waals surface area contributed by atoms with Crippen LogP contribution >= 0.6 is 0 Å². The lowest BCUT2D eigenvalue weighted by atomic mass is 10.0. The minimum atomic E-state index is -0.706. The number of aromatic nitrogens is 5. The minimum Gasteiger partial charge on any atom is -0.337 e. The molecule has 2 aromatic heterocycles. The van der Waals surface area contributed by atoms with E-state index in [1.54, 1.807) is 18.0 Å². The molecule has 13 heteroatoms. The maximum Gasteiger partial charge on any atom is 0.341 e. The Hall–Kier alpha value is -4.03. The molecule has 0 radical (unpaired) electrons. The van der Waals surface area contributed by atoms with Crippen LogP contribution in [0.2, 0.25) is 0 Å². The number of urea groups is 1. The Labute approximate surface area is 192 Å². The molecule has 5 rings (SSSR count). The fraction of sp³-hybridized carbons (Fsp3) is 0.333. The molecule has 34 heavy (non-hydrogen) atoms. The molecule has 0 spiro atoms.